The number of halogens is 3. The number of phenols is 1. The molecule has 1 unspecified atom stereocenters. The van der Waals surface area contributed by atoms with Crippen molar-refractivity contribution in [3.05, 3.63) is 82.3 Å². The van der Waals surface area contributed by atoms with Gasteiger partial charge < -0.3 is 9.84 Å². The fourth-order valence-electron chi connectivity index (χ4n) is 4.09. The van der Waals surface area contributed by atoms with Crippen LogP contribution in [0.5, 0.6) is 11.5 Å². The van der Waals surface area contributed by atoms with Crippen LogP contribution in [-0.2, 0) is 6.54 Å². The van der Waals surface area contributed by atoms with Gasteiger partial charge in [0.05, 0.1) is 16.8 Å². The van der Waals surface area contributed by atoms with E-state index in [1.165, 1.54) is 22.8 Å². The number of rotatable bonds is 6. The topological polar surface area (TPSA) is 64.4 Å². The summed E-state index contributed by atoms with van der Waals surface area (Å²) in [7, 11) is 2.44. The van der Waals surface area contributed by atoms with Crippen LogP contribution in [0.3, 0.4) is 0 Å². The van der Waals surface area contributed by atoms with Crippen molar-refractivity contribution in [3.63, 3.8) is 0 Å². The van der Waals surface area contributed by atoms with Crippen LogP contribution in [0.15, 0.2) is 71.1 Å². The summed E-state index contributed by atoms with van der Waals surface area (Å²) in [6.07, 6.45) is 3.82. The number of aryl methyl sites for hydroxylation is 1. The zero-order valence-electron chi connectivity index (χ0n) is 19.0. The molecule has 1 atom stereocenters. The molecule has 1 aliphatic rings. The second kappa shape index (κ2) is 10.1. The highest BCUT2D eigenvalue weighted by atomic mass is 31.0. The third-order valence-corrected chi connectivity index (χ3v) is 6.18. The van der Waals surface area contributed by atoms with Crippen LogP contribution >= 0.6 is 9.24 Å². The molecule has 0 fully saturated rings. The van der Waals surface area contributed by atoms with Crippen LogP contribution in [0.25, 0.3) is 22.5 Å². The Morgan fingerprint density at radius 3 is 2.66 bits per heavy atom. The summed E-state index contributed by atoms with van der Waals surface area (Å²) in [6.45, 7) is 1.90. The minimum Gasteiger partial charge on any atom is -0.507 e. The summed E-state index contributed by atoms with van der Waals surface area (Å²) in [5, 5.41) is 11.2. The number of hydrogen-bond donors (Lipinski definition) is 1. The van der Waals surface area contributed by atoms with E-state index >= 15 is 0 Å². The summed E-state index contributed by atoms with van der Waals surface area (Å²) in [4.78, 5) is 18.4. The van der Waals surface area contributed by atoms with E-state index < -0.39 is 17.7 Å². The molecule has 35 heavy (non-hydrogen) atoms. The predicted octanol–water partition coefficient (Wildman–Crippen LogP) is 5.66. The van der Waals surface area contributed by atoms with Gasteiger partial charge in [0.2, 0.25) is 0 Å². The first-order valence-corrected chi connectivity index (χ1v) is 11.6. The lowest BCUT2D eigenvalue weighted by molar-refractivity contribution is -0.274. The van der Waals surface area contributed by atoms with E-state index in [1.807, 2.05) is 6.08 Å². The lowest BCUT2D eigenvalue weighted by Crippen LogP contribution is -2.27. The summed E-state index contributed by atoms with van der Waals surface area (Å²) in [5.74, 6) is -0.140. The van der Waals surface area contributed by atoms with Gasteiger partial charge in [0.15, 0.2) is 0 Å². The number of hydrogen-bond acceptors (Lipinski definition) is 4. The third kappa shape index (κ3) is 5.65. The zero-order chi connectivity index (χ0) is 25.2. The zero-order valence-corrected chi connectivity index (χ0v) is 20.1. The molecular formula is C26H24F3N2O3P. The fourth-order valence-corrected chi connectivity index (χ4v) is 4.36. The molecule has 1 N–H and O–H groups in total. The van der Waals surface area contributed by atoms with Crippen molar-refractivity contribution >= 4 is 14.5 Å². The standard InChI is InChI=1S/C26H24F3N2O3P/c1-16-22(18-9-5-10-19(15-18)34-26(27,28)29)25(33)31(14-13-17-7-3-2-4-8-17)24(30-16)20-11-6-12-21(35)23(20)32/h3,5-12,15,32H,2,4,13-14,35H2,1H3. The quantitative estimate of drug-likeness (QED) is 0.444. The molecule has 0 aliphatic heterocycles. The van der Waals surface area contributed by atoms with Crippen LogP contribution in [0.4, 0.5) is 13.2 Å². The molecule has 0 radical (unpaired) electrons. The lowest BCUT2D eigenvalue weighted by atomic mass is 10.0. The van der Waals surface area contributed by atoms with Gasteiger partial charge >= 0.3 is 6.36 Å². The fraction of sp³-hybridized carbons (Fsp3) is 0.231. The van der Waals surface area contributed by atoms with E-state index in [4.69, 9.17) is 0 Å². The predicted molar refractivity (Wildman–Crippen MR) is 133 cm³/mol. The minimum absolute atomic E-state index is 0.0114. The van der Waals surface area contributed by atoms with Gasteiger partial charge in [-0.2, -0.15) is 0 Å². The smallest absolute Gasteiger partial charge is 0.507 e. The first-order chi connectivity index (χ1) is 16.6. The summed E-state index contributed by atoms with van der Waals surface area (Å²) in [6, 6.07) is 10.4. The van der Waals surface area contributed by atoms with Crippen molar-refractivity contribution < 1.29 is 23.0 Å². The van der Waals surface area contributed by atoms with E-state index in [1.54, 1.807) is 31.2 Å². The first kappa shape index (κ1) is 24.7. The van der Waals surface area contributed by atoms with Crippen molar-refractivity contribution in [2.24, 2.45) is 0 Å². The van der Waals surface area contributed by atoms with Gasteiger partial charge in [-0.1, -0.05) is 48.1 Å². The van der Waals surface area contributed by atoms with E-state index in [0.29, 0.717) is 28.8 Å². The number of nitrogens with zero attached hydrogens (tertiary/aromatic N) is 2. The molecule has 0 amide bonds. The number of aromatic hydroxyl groups is 1. The number of para-hydroxylation sites is 1. The van der Waals surface area contributed by atoms with E-state index in [2.05, 4.69) is 31.1 Å². The van der Waals surface area contributed by atoms with Crippen molar-refractivity contribution in [3.8, 4) is 34.0 Å². The van der Waals surface area contributed by atoms with Crippen molar-refractivity contribution in [2.45, 2.75) is 39.1 Å². The Kier molecular flexibility index (Phi) is 7.13. The van der Waals surface area contributed by atoms with Gasteiger partial charge in [-0.25, -0.2) is 4.98 Å². The van der Waals surface area contributed by atoms with Crippen molar-refractivity contribution in [1.82, 2.24) is 9.55 Å². The Morgan fingerprint density at radius 1 is 1.17 bits per heavy atom. The summed E-state index contributed by atoms with van der Waals surface area (Å²) >= 11 is 0. The van der Waals surface area contributed by atoms with Gasteiger partial charge in [-0.15, -0.1) is 22.4 Å². The molecule has 0 saturated carbocycles. The molecule has 3 aromatic rings. The largest absolute Gasteiger partial charge is 0.573 e. The van der Waals surface area contributed by atoms with E-state index in [9.17, 15) is 23.1 Å². The maximum Gasteiger partial charge on any atom is 0.573 e. The molecule has 5 nitrogen and oxygen atoms in total. The number of aromatic nitrogens is 2. The minimum atomic E-state index is -4.85. The van der Waals surface area contributed by atoms with Gasteiger partial charge in [-0.05, 0) is 49.9 Å². The molecule has 0 saturated heterocycles. The van der Waals surface area contributed by atoms with Crippen LogP contribution in [0.2, 0.25) is 0 Å². The molecule has 1 aliphatic carbocycles. The van der Waals surface area contributed by atoms with Crippen LogP contribution in [-0.4, -0.2) is 21.0 Å². The summed E-state index contributed by atoms with van der Waals surface area (Å²) < 4.78 is 43.8. The average Bonchev–Trinajstić information content (AvgIpc) is 2.80. The van der Waals surface area contributed by atoms with Gasteiger partial charge in [0, 0.05) is 11.8 Å². The molecule has 4 rings (SSSR count). The first-order valence-electron chi connectivity index (χ1n) is 11.0. The van der Waals surface area contributed by atoms with Crippen molar-refractivity contribution in [1.29, 1.82) is 0 Å². The number of allylic oxidation sites excluding steroid dienone is 4. The van der Waals surface area contributed by atoms with Gasteiger partial charge in [0.25, 0.3) is 5.56 Å². The monoisotopic (exact) mass is 500 g/mol. The Hall–Kier alpha value is -3.38. The normalized spacial score (nSPS) is 13.6. The molecule has 0 spiro atoms. The third-order valence-electron chi connectivity index (χ3n) is 5.71. The number of ether oxygens (including phenoxy) is 1. The number of phenolic OH excluding ortho intramolecular Hbond substituents is 1. The number of benzene rings is 2. The van der Waals surface area contributed by atoms with Crippen molar-refractivity contribution in [2.75, 3.05) is 0 Å². The Labute approximate surface area is 202 Å². The highest BCUT2D eigenvalue weighted by Gasteiger charge is 2.31. The van der Waals surface area contributed by atoms with Crippen LogP contribution < -0.4 is 15.6 Å². The molecule has 0 bridgehead atoms. The highest BCUT2D eigenvalue weighted by molar-refractivity contribution is 7.27. The average molecular weight is 500 g/mol. The van der Waals surface area contributed by atoms with E-state index in [-0.39, 0.29) is 23.4 Å². The van der Waals surface area contributed by atoms with Gasteiger partial charge in [0.1, 0.15) is 17.3 Å². The van der Waals surface area contributed by atoms with E-state index in [0.717, 1.165) is 18.4 Å². The lowest BCUT2D eigenvalue weighted by Gasteiger charge is -2.18. The molecule has 1 aromatic heterocycles. The molecule has 182 valence electrons. The van der Waals surface area contributed by atoms with Gasteiger partial charge in [-0.3, -0.25) is 9.36 Å². The number of alkyl halides is 3. The molecule has 2 aromatic carbocycles. The highest BCUT2D eigenvalue weighted by Crippen LogP contribution is 2.31. The Morgan fingerprint density at radius 2 is 1.94 bits per heavy atom. The Bertz CT molecular complexity index is 1380. The molecule has 9 heteroatoms. The van der Waals surface area contributed by atoms with Crippen LogP contribution in [0, 0.1) is 6.92 Å². The summed E-state index contributed by atoms with van der Waals surface area (Å²) in [5.41, 5.74) is 1.84. The second-order valence-corrected chi connectivity index (χ2v) is 8.80. The molecule has 1 heterocycles. The molecular weight excluding hydrogens is 476 g/mol. The maximum absolute atomic E-state index is 13.8. The Balaban J connectivity index is 1.86. The maximum atomic E-state index is 13.8. The second-order valence-electron chi connectivity index (χ2n) is 8.18. The SMILES string of the molecule is Cc1nc(-c2cccc(P)c2O)n(CCC2=CCCC=C2)c(=O)c1-c1cccc(OC(F)(F)F)c1. The van der Waals surface area contributed by atoms with Crippen LogP contribution in [0.1, 0.15) is 25.0 Å².